The Morgan fingerprint density at radius 2 is 1.96 bits per heavy atom. The molecule has 9 nitrogen and oxygen atoms in total. The molecule has 0 aliphatic heterocycles. The van der Waals surface area contributed by atoms with E-state index >= 15 is 0 Å². The number of amides is 1. The molecule has 1 heterocycles. The summed E-state index contributed by atoms with van der Waals surface area (Å²) in [6.45, 7) is 1.72. The van der Waals surface area contributed by atoms with Crippen molar-refractivity contribution in [3.8, 4) is 11.4 Å². The molecule has 10 heteroatoms. The van der Waals surface area contributed by atoms with Crippen LogP contribution in [0.15, 0.2) is 53.7 Å². The van der Waals surface area contributed by atoms with Crippen LogP contribution in [-0.4, -0.2) is 34.5 Å². The maximum Gasteiger partial charge on any atom is 0.339 e. The molecule has 0 atom stereocenters. The summed E-state index contributed by atoms with van der Waals surface area (Å²) in [5.74, 6) is -0.909. The first-order chi connectivity index (χ1) is 11.9. The van der Waals surface area contributed by atoms with Gasteiger partial charge in [0, 0.05) is 0 Å². The number of aromatic nitrogens is 4. The summed E-state index contributed by atoms with van der Waals surface area (Å²) in [4.78, 5) is 11.3. The van der Waals surface area contributed by atoms with Crippen molar-refractivity contribution in [1.82, 2.24) is 20.2 Å². The van der Waals surface area contributed by atoms with Gasteiger partial charge >= 0.3 is 10.1 Å². The molecule has 25 heavy (non-hydrogen) atoms. The van der Waals surface area contributed by atoms with Crippen LogP contribution >= 0.6 is 0 Å². The normalized spacial score (nSPS) is 11.2. The highest BCUT2D eigenvalue weighted by atomic mass is 32.2. The van der Waals surface area contributed by atoms with Gasteiger partial charge in [-0.1, -0.05) is 12.1 Å². The third-order valence-corrected chi connectivity index (χ3v) is 4.64. The smallest absolute Gasteiger partial charge is 0.339 e. The standard InChI is InChI=1S/C15H13N5O4S/c1-10-8-11(6-7-13(10)20-9-17-18-19-20)25(22,23)24-14-5-3-2-4-12(14)15(16)21/h2-9H,1H3,(H2,16,21). The van der Waals surface area contributed by atoms with Crippen molar-refractivity contribution in [3.05, 3.63) is 59.9 Å². The molecule has 0 fully saturated rings. The lowest BCUT2D eigenvalue weighted by atomic mass is 10.2. The van der Waals surface area contributed by atoms with Gasteiger partial charge in [-0.15, -0.1) is 5.10 Å². The van der Waals surface area contributed by atoms with Crippen LogP contribution < -0.4 is 9.92 Å². The molecule has 2 N–H and O–H groups in total. The zero-order valence-electron chi connectivity index (χ0n) is 13.0. The lowest BCUT2D eigenvalue weighted by molar-refractivity contribution is 0.0999. The first-order valence-corrected chi connectivity index (χ1v) is 8.46. The average molecular weight is 359 g/mol. The SMILES string of the molecule is Cc1cc(S(=O)(=O)Oc2ccccc2C(N)=O)ccc1-n1cnnn1. The predicted molar refractivity (Wildman–Crippen MR) is 86.7 cm³/mol. The number of hydrogen-bond donors (Lipinski definition) is 1. The fraction of sp³-hybridized carbons (Fsp3) is 0.0667. The molecule has 2 aromatic carbocycles. The van der Waals surface area contributed by atoms with Crippen molar-refractivity contribution < 1.29 is 17.4 Å². The van der Waals surface area contributed by atoms with Gasteiger partial charge in [0.15, 0.2) is 5.75 Å². The van der Waals surface area contributed by atoms with Gasteiger partial charge in [0.2, 0.25) is 0 Å². The molecular weight excluding hydrogens is 346 g/mol. The number of nitrogens with two attached hydrogens (primary N) is 1. The highest BCUT2D eigenvalue weighted by molar-refractivity contribution is 7.87. The van der Waals surface area contributed by atoms with Gasteiger partial charge in [-0.3, -0.25) is 4.79 Å². The van der Waals surface area contributed by atoms with E-state index in [0.717, 1.165) is 0 Å². The van der Waals surface area contributed by atoms with Gasteiger partial charge in [0.1, 0.15) is 11.2 Å². The molecule has 3 aromatic rings. The molecule has 3 rings (SSSR count). The summed E-state index contributed by atoms with van der Waals surface area (Å²) in [5.41, 5.74) is 6.47. The second-order valence-electron chi connectivity index (χ2n) is 5.10. The minimum Gasteiger partial charge on any atom is -0.378 e. The van der Waals surface area contributed by atoms with E-state index < -0.39 is 16.0 Å². The Balaban J connectivity index is 1.96. The molecule has 0 bridgehead atoms. The van der Waals surface area contributed by atoms with Crippen molar-refractivity contribution in [1.29, 1.82) is 0 Å². The molecular formula is C15H13N5O4S. The molecule has 1 aromatic heterocycles. The van der Waals surface area contributed by atoms with Crippen LogP contribution in [0.4, 0.5) is 0 Å². The van der Waals surface area contributed by atoms with Crippen LogP contribution in [0, 0.1) is 6.92 Å². The van der Waals surface area contributed by atoms with Gasteiger partial charge < -0.3 is 9.92 Å². The van der Waals surface area contributed by atoms with E-state index in [1.807, 2.05) is 0 Å². The van der Waals surface area contributed by atoms with Crippen molar-refractivity contribution in [2.24, 2.45) is 5.73 Å². The largest absolute Gasteiger partial charge is 0.378 e. The van der Waals surface area contributed by atoms with Crippen LogP contribution in [0.5, 0.6) is 5.75 Å². The summed E-state index contributed by atoms with van der Waals surface area (Å²) in [7, 11) is -4.15. The van der Waals surface area contributed by atoms with E-state index in [1.165, 1.54) is 35.3 Å². The second-order valence-corrected chi connectivity index (χ2v) is 6.65. The average Bonchev–Trinajstić information content (AvgIpc) is 3.09. The van der Waals surface area contributed by atoms with Gasteiger partial charge in [-0.2, -0.15) is 8.42 Å². The van der Waals surface area contributed by atoms with Crippen molar-refractivity contribution in [3.63, 3.8) is 0 Å². The third-order valence-electron chi connectivity index (χ3n) is 3.40. The molecule has 0 aliphatic rings. The Kier molecular flexibility index (Phi) is 4.19. The number of nitrogens with zero attached hydrogens (tertiary/aromatic N) is 4. The number of carbonyl (C=O) groups excluding carboxylic acids is 1. The Morgan fingerprint density at radius 3 is 2.60 bits per heavy atom. The van der Waals surface area contributed by atoms with Crippen LogP contribution in [0.25, 0.3) is 5.69 Å². The number of benzene rings is 2. The Bertz CT molecular complexity index is 1030. The number of aryl methyl sites for hydroxylation is 1. The number of rotatable bonds is 5. The van der Waals surface area contributed by atoms with Crippen LogP contribution in [0.1, 0.15) is 15.9 Å². The molecule has 1 amide bonds. The number of hydrogen-bond acceptors (Lipinski definition) is 7. The maximum atomic E-state index is 12.5. The molecule has 0 saturated heterocycles. The van der Waals surface area contributed by atoms with Gasteiger partial charge in [0.25, 0.3) is 5.91 Å². The molecule has 0 aliphatic carbocycles. The molecule has 0 radical (unpaired) electrons. The van der Waals surface area contributed by atoms with E-state index in [-0.39, 0.29) is 16.2 Å². The quantitative estimate of drug-likeness (QED) is 0.668. The number of primary amides is 1. The third kappa shape index (κ3) is 3.33. The van der Waals surface area contributed by atoms with Gasteiger partial charge in [0.05, 0.1) is 11.3 Å². The Morgan fingerprint density at radius 1 is 1.20 bits per heavy atom. The van der Waals surface area contributed by atoms with E-state index in [4.69, 9.17) is 9.92 Å². The Labute approximate surface area is 143 Å². The lowest BCUT2D eigenvalue weighted by Gasteiger charge is -2.11. The monoisotopic (exact) mass is 359 g/mol. The van der Waals surface area contributed by atoms with Crippen molar-refractivity contribution in [2.75, 3.05) is 0 Å². The molecule has 0 saturated carbocycles. The molecule has 128 valence electrons. The zero-order valence-corrected chi connectivity index (χ0v) is 13.8. The van der Waals surface area contributed by atoms with Crippen LogP contribution in [0.2, 0.25) is 0 Å². The predicted octanol–water partition coefficient (Wildman–Crippen LogP) is 0.837. The van der Waals surface area contributed by atoms with Crippen LogP contribution in [-0.2, 0) is 10.1 Å². The fourth-order valence-corrected chi connectivity index (χ4v) is 3.26. The molecule has 0 spiro atoms. The minimum absolute atomic E-state index is 0.0203. The Hall–Kier alpha value is -3.27. The topological polar surface area (TPSA) is 130 Å². The van der Waals surface area contributed by atoms with Gasteiger partial charge in [-0.05, 0) is 53.2 Å². The first kappa shape index (κ1) is 16.6. The number of carbonyl (C=O) groups is 1. The minimum atomic E-state index is -4.15. The summed E-state index contributed by atoms with van der Waals surface area (Å²) in [6.07, 6.45) is 1.40. The van der Waals surface area contributed by atoms with Gasteiger partial charge in [-0.25, -0.2) is 4.68 Å². The number of tetrazole rings is 1. The second kappa shape index (κ2) is 6.32. The summed E-state index contributed by atoms with van der Waals surface area (Å²) < 4.78 is 31.5. The van der Waals surface area contributed by atoms with Crippen molar-refractivity contribution in [2.45, 2.75) is 11.8 Å². The van der Waals surface area contributed by atoms with Crippen LogP contribution in [0.3, 0.4) is 0 Å². The summed E-state index contributed by atoms with van der Waals surface area (Å²) in [6, 6.07) is 10.2. The van der Waals surface area contributed by atoms with E-state index in [2.05, 4.69) is 15.5 Å². The molecule has 0 unspecified atom stereocenters. The highest BCUT2D eigenvalue weighted by Gasteiger charge is 2.21. The van der Waals surface area contributed by atoms with Crippen molar-refractivity contribution >= 4 is 16.0 Å². The van der Waals surface area contributed by atoms with E-state index in [1.54, 1.807) is 25.1 Å². The van der Waals surface area contributed by atoms with E-state index in [9.17, 15) is 13.2 Å². The fourth-order valence-electron chi connectivity index (χ4n) is 2.22. The summed E-state index contributed by atoms with van der Waals surface area (Å²) in [5, 5.41) is 10.8. The zero-order chi connectivity index (χ0) is 18.0. The first-order valence-electron chi connectivity index (χ1n) is 7.06. The van der Waals surface area contributed by atoms with E-state index in [0.29, 0.717) is 11.3 Å². The maximum absolute atomic E-state index is 12.5. The lowest BCUT2D eigenvalue weighted by Crippen LogP contribution is -2.16. The number of para-hydroxylation sites is 1. The highest BCUT2D eigenvalue weighted by Crippen LogP contribution is 2.24. The summed E-state index contributed by atoms with van der Waals surface area (Å²) >= 11 is 0.